The van der Waals surface area contributed by atoms with E-state index in [1.54, 1.807) is 0 Å². The first-order valence-electron chi connectivity index (χ1n) is 6.50. The van der Waals surface area contributed by atoms with Crippen LogP contribution in [0.3, 0.4) is 0 Å². The van der Waals surface area contributed by atoms with Gasteiger partial charge in [-0.3, -0.25) is 0 Å². The fraction of sp³-hybridized carbons (Fsp3) is 0.571. The molecule has 0 radical (unpaired) electrons. The Hall–Kier alpha value is -0.870. The van der Waals surface area contributed by atoms with Gasteiger partial charge in [-0.25, -0.2) is 8.42 Å². The normalized spacial score (nSPS) is 44.1. The Kier molecular flexibility index (Phi) is 2.06. The molecule has 96 valence electrons. The highest BCUT2D eigenvalue weighted by molar-refractivity contribution is 7.91. The molecule has 1 saturated carbocycles. The zero-order valence-corrected chi connectivity index (χ0v) is 10.9. The van der Waals surface area contributed by atoms with Gasteiger partial charge in [0.15, 0.2) is 9.84 Å². The van der Waals surface area contributed by atoms with Gasteiger partial charge in [0, 0.05) is 5.41 Å². The van der Waals surface area contributed by atoms with Gasteiger partial charge in [0.2, 0.25) is 0 Å². The molecule has 18 heavy (non-hydrogen) atoms. The highest BCUT2D eigenvalue weighted by Gasteiger charge is 2.61. The molecule has 3 nitrogen and oxygen atoms in total. The third-order valence-corrected chi connectivity index (χ3v) is 6.70. The fourth-order valence-electron chi connectivity index (χ4n) is 3.97. The summed E-state index contributed by atoms with van der Waals surface area (Å²) in [5.74, 6) is 0.893. The number of hydrogen-bond acceptors (Lipinski definition) is 3. The van der Waals surface area contributed by atoms with Gasteiger partial charge in [0.05, 0.1) is 23.7 Å². The lowest BCUT2D eigenvalue weighted by Crippen LogP contribution is -2.40. The van der Waals surface area contributed by atoms with E-state index in [4.69, 9.17) is 4.74 Å². The number of benzene rings is 1. The second-order valence-corrected chi connectivity index (χ2v) is 8.04. The molecule has 4 heteroatoms. The maximum Gasteiger partial charge on any atom is 0.151 e. The average Bonchev–Trinajstić information content (AvgIpc) is 3.00. The Bertz CT molecular complexity index is 580. The molecule has 2 heterocycles. The third kappa shape index (κ3) is 1.48. The van der Waals surface area contributed by atoms with Crippen LogP contribution < -0.4 is 0 Å². The van der Waals surface area contributed by atoms with Crippen molar-refractivity contribution in [2.24, 2.45) is 5.92 Å². The van der Waals surface area contributed by atoms with Crippen molar-refractivity contribution in [1.82, 2.24) is 0 Å². The largest absolute Gasteiger partial charge is 0.370 e. The highest BCUT2D eigenvalue weighted by Crippen LogP contribution is 2.55. The van der Waals surface area contributed by atoms with E-state index in [2.05, 4.69) is 12.1 Å². The maximum atomic E-state index is 12.1. The van der Waals surface area contributed by atoms with Gasteiger partial charge >= 0.3 is 0 Å². The number of rotatable bonds is 1. The summed E-state index contributed by atoms with van der Waals surface area (Å²) in [5, 5.41) is 0. The summed E-state index contributed by atoms with van der Waals surface area (Å²) in [4.78, 5) is 0. The van der Waals surface area contributed by atoms with Crippen LogP contribution in [-0.4, -0.2) is 32.1 Å². The molecule has 1 aliphatic carbocycles. The number of epoxide rings is 1. The molecule has 1 aromatic carbocycles. The van der Waals surface area contributed by atoms with Gasteiger partial charge in [0.1, 0.15) is 0 Å². The molecule has 0 amide bonds. The molecular formula is C14H16O3S. The van der Waals surface area contributed by atoms with Gasteiger partial charge in [0.25, 0.3) is 0 Å². The molecule has 3 fully saturated rings. The fourth-order valence-corrected chi connectivity index (χ4v) is 6.46. The van der Waals surface area contributed by atoms with Crippen LogP contribution in [0.25, 0.3) is 0 Å². The van der Waals surface area contributed by atoms with E-state index in [9.17, 15) is 8.42 Å². The molecule has 3 aliphatic rings. The van der Waals surface area contributed by atoms with E-state index in [-0.39, 0.29) is 11.3 Å². The van der Waals surface area contributed by atoms with Crippen LogP contribution in [0.4, 0.5) is 0 Å². The quantitative estimate of drug-likeness (QED) is 0.723. The van der Waals surface area contributed by atoms with Gasteiger partial charge in [-0.1, -0.05) is 30.3 Å². The molecule has 0 aromatic heterocycles. The van der Waals surface area contributed by atoms with Crippen molar-refractivity contribution in [3.05, 3.63) is 35.9 Å². The topological polar surface area (TPSA) is 46.7 Å². The van der Waals surface area contributed by atoms with Gasteiger partial charge in [-0.2, -0.15) is 0 Å². The zero-order chi connectivity index (χ0) is 12.4. The number of fused-ring (bicyclic) bond motifs is 2. The molecular weight excluding hydrogens is 248 g/mol. The van der Waals surface area contributed by atoms with Crippen molar-refractivity contribution in [2.45, 2.75) is 30.5 Å². The zero-order valence-electron chi connectivity index (χ0n) is 10.1. The Labute approximate surface area is 107 Å². The lowest BCUT2D eigenvalue weighted by Gasteiger charge is -2.36. The summed E-state index contributed by atoms with van der Waals surface area (Å²) in [5.41, 5.74) is 1.00. The van der Waals surface area contributed by atoms with E-state index in [0.717, 1.165) is 12.8 Å². The van der Waals surface area contributed by atoms with E-state index in [1.165, 1.54) is 5.56 Å². The minimum atomic E-state index is -2.89. The molecule has 0 unspecified atom stereocenters. The Morgan fingerprint density at radius 3 is 2.72 bits per heavy atom. The summed E-state index contributed by atoms with van der Waals surface area (Å²) in [7, 11) is -2.89. The van der Waals surface area contributed by atoms with Crippen LogP contribution in [0, 0.1) is 5.92 Å². The summed E-state index contributed by atoms with van der Waals surface area (Å²) < 4.78 is 29.7. The number of sulfone groups is 1. The molecule has 0 spiro atoms. The minimum Gasteiger partial charge on any atom is -0.370 e. The van der Waals surface area contributed by atoms with Gasteiger partial charge in [-0.15, -0.1) is 0 Å². The predicted octanol–water partition coefficient (Wildman–Crippen LogP) is 1.53. The summed E-state index contributed by atoms with van der Waals surface area (Å²) in [6.45, 7) is 0. The van der Waals surface area contributed by atoms with Crippen molar-refractivity contribution >= 4 is 9.84 Å². The third-order valence-electron chi connectivity index (χ3n) is 4.83. The standard InChI is InChI=1S/C14H16O3S/c15-18(16)8-11-6-12-13(17-12)7-14(11,9-18)10-4-2-1-3-5-10/h1-5,11-13H,6-9H2/t11-,12-,13-,14+/m0/s1. The summed E-state index contributed by atoms with van der Waals surface area (Å²) in [6, 6.07) is 10.2. The average molecular weight is 264 g/mol. The number of ether oxygens (including phenoxy) is 1. The van der Waals surface area contributed by atoms with E-state index in [1.807, 2.05) is 18.2 Å². The van der Waals surface area contributed by atoms with Crippen molar-refractivity contribution in [2.75, 3.05) is 11.5 Å². The molecule has 0 N–H and O–H groups in total. The van der Waals surface area contributed by atoms with Crippen LogP contribution >= 0.6 is 0 Å². The minimum absolute atomic E-state index is 0.183. The highest BCUT2D eigenvalue weighted by atomic mass is 32.2. The second kappa shape index (κ2) is 3.36. The smallest absolute Gasteiger partial charge is 0.151 e. The number of hydrogen-bond donors (Lipinski definition) is 0. The van der Waals surface area contributed by atoms with Crippen LogP contribution in [0.15, 0.2) is 30.3 Å². The second-order valence-electron chi connectivity index (χ2n) is 5.93. The summed E-state index contributed by atoms with van der Waals surface area (Å²) >= 11 is 0. The lowest BCUT2D eigenvalue weighted by molar-refractivity contribution is 0.271. The first-order chi connectivity index (χ1) is 8.59. The lowest BCUT2D eigenvalue weighted by atomic mass is 9.64. The Morgan fingerprint density at radius 1 is 1.17 bits per heavy atom. The van der Waals surface area contributed by atoms with Gasteiger partial charge in [-0.05, 0) is 24.3 Å². The van der Waals surface area contributed by atoms with Crippen molar-refractivity contribution in [1.29, 1.82) is 0 Å². The molecule has 2 aliphatic heterocycles. The predicted molar refractivity (Wildman–Crippen MR) is 68.2 cm³/mol. The summed E-state index contributed by atoms with van der Waals surface area (Å²) in [6.07, 6.45) is 2.43. The van der Waals surface area contributed by atoms with Crippen LogP contribution in [-0.2, 0) is 20.0 Å². The maximum absolute atomic E-state index is 12.1. The molecule has 4 rings (SSSR count). The van der Waals surface area contributed by atoms with Crippen LogP contribution in [0.2, 0.25) is 0 Å². The van der Waals surface area contributed by atoms with Crippen molar-refractivity contribution < 1.29 is 13.2 Å². The van der Waals surface area contributed by atoms with E-state index in [0.29, 0.717) is 23.7 Å². The first kappa shape index (κ1) is 11.0. The van der Waals surface area contributed by atoms with Gasteiger partial charge < -0.3 is 4.74 Å². The van der Waals surface area contributed by atoms with Crippen molar-refractivity contribution in [3.8, 4) is 0 Å². The van der Waals surface area contributed by atoms with Crippen LogP contribution in [0.1, 0.15) is 18.4 Å². The Balaban J connectivity index is 1.83. The monoisotopic (exact) mass is 264 g/mol. The molecule has 4 atom stereocenters. The molecule has 1 aromatic rings. The van der Waals surface area contributed by atoms with Crippen molar-refractivity contribution in [3.63, 3.8) is 0 Å². The molecule has 0 bridgehead atoms. The van der Waals surface area contributed by atoms with Crippen LogP contribution in [0.5, 0.6) is 0 Å². The SMILES string of the molecule is O=S1(=O)C[C@@H]2C[C@@H]3O[C@H]3C[C@]2(c2ccccc2)C1. The first-order valence-corrected chi connectivity index (χ1v) is 8.33. The van der Waals surface area contributed by atoms with E-state index >= 15 is 0 Å². The Morgan fingerprint density at radius 2 is 1.94 bits per heavy atom. The van der Waals surface area contributed by atoms with E-state index < -0.39 is 9.84 Å². The molecule has 2 saturated heterocycles.